The summed E-state index contributed by atoms with van der Waals surface area (Å²) in [5, 5.41) is 16.4. The van der Waals surface area contributed by atoms with Crippen LogP contribution in [0.5, 0.6) is 5.75 Å². The monoisotopic (exact) mass is 374 g/mol. The minimum absolute atomic E-state index is 0. The van der Waals surface area contributed by atoms with E-state index in [0.29, 0.717) is 10.7 Å². The minimum atomic E-state index is 0. The van der Waals surface area contributed by atoms with Crippen molar-refractivity contribution < 1.29 is 22.1 Å². The quantitative estimate of drug-likeness (QED) is 0.749. The number of phenolic OH excluding ortho intramolecular Hbond substituents is 1. The maximum absolute atomic E-state index is 9.67. The third-order valence-electron chi connectivity index (χ3n) is 2.89. The van der Waals surface area contributed by atoms with Crippen LogP contribution in [-0.4, -0.2) is 16.5 Å². The summed E-state index contributed by atoms with van der Waals surface area (Å²) in [6.45, 7) is 0. The van der Waals surface area contributed by atoms with Gasteiger partial charge in [0.15, 0.2) is 0 Å². The van der Waals surface area contributed by atoms with Crippen LogP contribution in [0.2, 0.25) is 0 Å². The highest BCUT2D eigenvalue weighted by Gasteiger charge is 2.07. The lowest BCUT2D eigenvalue weighted by Gasteiger charge is -2.11. The molecule has 112 valence electrons. The van der Waals surface area contributed by atoms with Gasteiger partial charge in [-0.05, 0) is 12.1 Å². The number of thioether (sulfide) groups is 1. The summed E-state index contributed by atoms with van der Waals surface area (Å²) < 4.78 is 0. The van der Waals surface area contributed by atoms with Crippen molar-refractivity contribution >= 4 is 28.8 Å². The largest absolute Gasteiger partial charge is 1.00 e. The predicted octanol–water partition coefficient (Wildman–Crippen LogP) is 0.421. The summed E-state index contributed by atoms with van der Waals surface area (Å²) in [7, 11) is 0. The summed E-state index contributed by atoms with van der Waals surface area (Å²) in [5.41, 5.74) is 5.68. The van der Waals surface area contributed by atoms with Crippen LogP contribution in [0.1, 0.15) is 11.1 Å². The van der Waals surface area contributed by atoms with Crippen LogP contribution in [-0.2, 0) is 0 Å². The highest BCUT2D eigenvalue weighted by molar-refractivity contribution is 8.16. The Balaban J connectivity index is 0.00000176. The zero-order valence-electron chi connectivity index (χ0n) is 11.5. The van der Waals surface area contributed by atoms with Gasteiger partial charge < -0.3 is 22.1 Å². The number of amidine groups is 1. The number of benzene rings is 2. The van der Waals surface area contributed by atoms with Crippen molar-refractivity contribution in [3.05, 3.63) is 71.1 Å². The topological polar surface area (TPSA) is 57.0 Å². The lowest BCUT2D eigenvalue weighted by molar-refractivity contribution is -0.00000510. The number of hydrogen-bond donors (Lipinski definition) is 2. The van der Waals surface area contributed by atoms with Gasteiger partial charge in [-0.2, -0.15) is 0 Å². The maximum Gasteiger partial charge on any atom is 0.210 e. The Morgan fingerprint density at radius 3 is 2.45 bits per heavy atom. The molecule has 0 amide bonds. The molecule has 0 unspecified atom stereocenters. The van der Waals surface area contributed by atoms with Gasteiger partial charge in [0.2, 0.25) is 5.17 Å². The number of hydrazone groups is 1. The number of aromatic hydroxyl groups is 1. The van der Waals surface area contributed by atoms with Gasteiger partial charge in [-0.25, -0.2) is 4.99 Å². The maximum atomic E-state index is 9.67. The first kappa shape index (κ1) is 16.3. The van der Waals surface area contributed by atoms with Crippen LogP contribution in [0.15, 0.2) is 70.1 Å². The summed E-state index contributed by atoms with van der Waals surface area (Å²) in [6, 6.07) is 17.0. The fraction of sp³-hybridized carbons (Fsp3) is 0. The van der Waals surface area contributed by atoms with Crippen LogP contribution < -0.4 is 22.4 Å². The minimum Gasteiger partial charge on any atom is -1.00 e. The van der Waals surface area contributed by atoms with E-state index in [2.05, 4.69) is 15.5 Å². The normalized spacial score (nSPS) is 13.8. The Labute approximate surface area is 143 Å². The number of phenols is 1. The molecule has 0 atom stereocenters. The molecule has 22 heavy (non-hydrogen) atoms. The number of para-hydroxylation sites is 1. The molecule has 2 N–H and O–H groups in total. The van der Waals surface area contributed by atoms with Gasteiger partial charge in [0.1, 0.15) is 5.75 Å². The van der Waals surface area contributed by atoms with Gasteiger partial charge in [-0.1, -0.05) is 54.2 Å². The van der Waals surface area contributed by atoms with Crippen LogP contribution in [0.4, 0.5) is 0 Å². The molecule has 0 spiro atoms. The van der Waals surface area contributed by atoms with E-state index in [0.717, 1.165) is 11.3 Å². The van der Waals surface area contributed by atoms with Gasteiger partial charge in [-0.3, -0.25) is 5.43 Å². The molecule has 0 saturated heterocycles. The van der Waals surface area contributed by atoms with E-state index in [4.69, 9.17) is 0 Å². The fourth-order valence-electron chi connectivity index (χ4n) is 1.80. The number of halogens is 1. The van der Waals surface area contributed by atoms with Crippen molar-refractivity contribution in [3.8, 4) is 5.75 Å². The van der Waals surface area contributed by atoms with Gasteiger partial charge in [-0.15, -0.1) is 5.10 Å². The van der Waals surface area contributed by atoms with E-state index < -0.39 is 0 Å². The number of nitrogens with one attached hydrogen (secondary N) is 1. The summed E-state index contributed by atoms with van der Waals surface area (Å²) in [5.74, 6) is 0.205. The number of aliphatic imine (C=N–C) groups is 1. The predicted molar refractivity (Wildman–Crippen MR) is 88.3 cm³/mol. The zero-order valence-corrected chi connectivity index (χ0v) is 13.9. The van der Waals surface area contributed by atoms with E-state index in [-0.39, 0.29) is 22.7 Å². The Hall–Kier alpha value is -2.05. The van der Waals surface area contributed by atoms with Gasteiger partial charge in [0, 0.05) is 22.7 Å². The van der Waals surface area contributed by atoms with E-state index in [1.54, 1.807) is 24.4 Å². The van der Waals surface area contributed by atoms with E-state index in [9.17, 15) is 5.11 Å². The molecule has 0 fully saturated rings. The molecule has 0 aliphatic carbocycles. The standard InChI is InChI=1S/C16H13N3OS.BrH/c20-15-9-5-4-8-13(15)10-17-16-19-18-14(11-21-16)12-6-2-1-3-7-12;/h1-11,18,20H;1H/p-1/b17-10+;. The van der Waals surface area contributed by atoms with Crippen molar-refractivity contribution in [2.45, 2.75) is 0 Å². The van der Waals surface area contributed by atoms with Gasteiger partial charge in [0.25, 0.3) is 0 Å². The van der Waals surface area contributed by atoms with Crippen molar-refractivity contribution in [1.82, 2.24) is 5.43 Å². The van der Waals surface area contributed by atoms with Gasteiger partial charge >= 0.3 is 0 Å². The summed E-state index contributed by atoms with van der Waals surface area (Å²) in [4.78, 5) is 4.26. The third kappa shape index (κ3) is 3.99. The second-order valence-corrected chi connectivity index (χ2v) is 5.18. The Morgan fingerprint density at radius 2 is 1.77 bits per heavy atom. The molecule has 4 nitrogen and oxygen atoms in total. The molecule has 0 aromatic heterocycles. The Morgan fingerprint density at radius 1 is 1.05 bits per heavy atom. The molecule has 0 saturated carbocycles. The molecular weight excluding hydrogens is 362 g/mol. The number of hydrogen-bond acceptors (Lipinski definition) is 5. The molecule has 2 aromatic rings. The van der Waals surface area contributed by atoms with Gasteiger partial charge in [0.05, 0.1) is 5.70 Å². The van der Waals surface area contributed by atoms with Crippen molar-refractivity contribution in [2.24, 2.45) is 10.1 Å². The van der Waals surface area contributed by atoms with Crippen LogP contribution >= 0.6 is 11.8 Å². The molecule has 1 aliphatic heterocycles. The fourth-order valence-corrected chi connectivity index (χ4v) is 2.43. The lowest BCUT2D eigenvalue weighted by atomic mass is 10.2. The molecule has 2 aromatic carbocycles. The summed E-state index contributed by atoms with van der Waals surface area (Å²) in [6.07, 6.45) is 1.60. The molecule has 1 aliphatic rings. The Kier molecular flexibility index (Phi) is 5.80. The van der Waals surface area contributed by atoms with Crippen LogP contribution in [0.3, 0.4) is 0 Å². The molecule has 0 radical (unpaired) electrons. The van der Waals surface area contributed by atoms with Crippen molar-refractivity contribution in [3.63, 3.8) is 0 Å². The second-order valence-electron chi connectivity index (χ2n) is 4.34. The van der Waals surface area contributed by atoms with Crippen LogP contribution in [0, 0.1) is 0 Å². The number of nitrogens with zero attached hydrogens (tertiary/aromatic N) is 2. The zero-order chi connectivity index (χ0) is 14.5. The van der Waals surface area contributed by atoms with Crippen molar-refractivity contribution in [1.29, 1.82) is 0 Å². The second kappa shape index (κ2) is 7.82. The SMILES string of the molecule is Oc1ccccc1/C=N/C1=NNC(c2ccccc2)=CS1.[Br-]. The molecule has 1 heterocycles. The van der Waals surface area contributed by atoms with Crippen LogP contribution in [0.25, 0.3) is 5.70 Å². The average Bonchev–Trinajstić information content (AvgIpc) is 2.55. The molecule has 0 bridgehead atoms. The first-order chi connectivity index (χ1) is 10.3. The van der Waals surface area contributed by atoms with E-state index >= 15 is 0 Å². The first-order valence-corrected chi connectivity index (χ1v) is 7.29. The Bertz CT molecular complexity index is 729. The molecular formula is C16H13BrN3OS-. The smallest absolute Gasteiger partial charge is 0.210 e. The van der Waals surface area contributed by atoms with E-state index in [1.807, 2.05) is 41.8 Å². The summed E-state index contributed by atoms with van der Waals surface area (Å²) >= 11 is 1.44. The highest BCUT2D eigenvalue weighted by Crippen LogP contribution is 2.22. The first-order valence-electron chi connectivity index (χ1n) is 6.41. The average molecular weight is 375 g/mol. The van der Waals surface area contributed by atoms with E-state index in [1.165, 1.54) is 11.8 Å². The highest BCUT2D eigenvalue weighted by atomic mass is 79.9. The lowest BCUT2D eigenvalue weighted by Crippen LogP contribution is -3.00. The molecule has 6 heteroatoms. The molecule has 3 rings (SSSR count). The van der Waals surface area contributed by atoms with Crippen molar-refractivity contribution in [2.75, 3.05) is 0 Å². The third-order valence-corrected chi connectivity index (χ3v) is 3.65. The number of rotatable bonds is 2.